The lowest BCUT2D eigenvalue weighted by atomic mass is 10.1. The maximum absolute atomic E-state index is 12.5. The monoisotopic (exact) mass is 526 g/mol. The van der Waals surface area contributed by atoms with Crippen molar-refractivity contribution in [2.24, 2.45) is 0 Å². The van der Waals surface area contributed by atoms with Gasteiger partial charge in [0.2, 0.25) is 0 Å². The zero-order valence-corrected chi connectivity index (χ0v) is 21.9. The summed E-state index contributed by atoms with van der Waals surface area (Å²) in [5, 5.41) is 1.65. The topological polar surface area (TPSA) is 51.7 Å². The second-order valence-corrected chi connectivity index (χ2v) is 9.73. The highest BCUT2D eigenvalue weighted by atomic mass is 35.5. The number of fused-ring (bicyclic) bond motifs is 1. The Labute approximate surface area is 219 Å². The van der Waals surface area contributed by atoms with E-state index in [4.69, 9.17) is 32.7 Å². The third-order valence-electron chi connectivity index (χ3n) is 5.37. The molecule has 1 heterocycles. The van der Waals surface area contributed by atoms with Gasteiger partial charge in [0.25, 0.3) is 0 Å². The molecule has 180 valence electrons. The zero-order chi connectivity index (χ0) is 24.9. The minimum absolute atomic E-state index is 0.209. The molecule has 0 amide bonds. The van der Waals surface area contributed by atoms with E-state index in [1.807, 2.05) is 43.4 Å². The van der Waals surface area contributed by atoms with Crippen molar-refractivity contribution in [3.05, 3.63) is 88.0 Å². The van der Waals surface area contributed by atoms with Crippen molar-refractivity contribution >= 4 is 57.5 Å². The highest BCUT2D eigenvalue weighted by Gasteiger charge is 2.19. The summed E-state index contributed by atoms with van der Waals surface area (Å²) in [6.07, 6.45) is 0. The van der Waals surface area contributed by atoms with Gasteiger partial charge in [-0.05, 0) is 61.0 Å². The molecule has 0 saturated carbocycles. The molecule has 4 rings (SSSR count). The highest BCUT2D eigenvalue weighted by Crippen LogP contribution is 2.37. The summed E-state index contributed by atoms with van der Waals surface area (Å²) in [4.78, 5) is 21.3. The average molecular weight is 527 g/mol. The number of hydrogen-bond acceptors (Lipinski definition) is 6. The molecule has 0 fully saturated rings. The van der Waals surface area contributed by atoms with Crippen molar-refractivity contribution in [3.8, 4) is 5.75 Å². The van der Waals surface area contributed by atoms with Gasteiger partial charge in [-0.25, -0.2) is 9.78 Å². The first kappa shape index (κ1) is 25.2. The smallest absolute Gasteiger partial charge is 0.357 e. The number of rotatable bonds is 8. The summed E-state index contributed by atoms with van der Waals surface area (Å²) in [7, 11) is 3.62. The van der Waals surface area contributed by atoms with Crippen LogP contribution in [0.1, 0.15) is 23.0 Å². The summed E-state index contributed by atoms with van der Waals surface area (Å²) in [5.74, 6) is 0.330. The predicted molar refractivity (Wildman–Crippen MR) is 143 cm³/mol. The minimum atomic E-state index is -0.490. The van der Waals surface area contributed by atoms with E-state index in [1.165, 1.54) is 0 Å². The van der Waals surface area contributed by atoms with Crippen molar-refractivity contribution < 1.29 is 14.3 Å². The number of aromatic nitrogens is 1. The number of carbonyl (C=O) groups excluding carboxylic acids is 1. The number of ether oxygens (including phenoxy) is 2. The number of hydrogen-bond donors (Lipinski definition) is 0. The van der Waals surface area contributed by atoms with Crippen LogP contribution in [0, 0.1) is 0 Å². The lowest BCUT2D eigenvalue weighted by Crippen LogP contribution is -2.19. The molecule has 0 N–H and O–H groups in total. The fourth-order valence-corrected chi connectivity index (χ4v) is 5.24. The number of anilines is 1. The molecule has 0 bridgehead atoms. The van der Waals surface area contributed by atoms with Crippen LogP contribution in [0.2, 0.25) is 10.0 Å². The molecule has 0 unspecified atom stereocenters. The van der Waals surface area contributed by atoms with Gasteiger partial charge in [-0.2, -0.15) is 0 Å². The first-order chi connectivity index (χ1) is 16.9. The van der Waals surface area contributed by atoms with E-state index in [-0.39, 0.29) is 12.3 Å². The Kier molecular flexibility index (Phi) is 8.06. The predicted octanol–water partition coefficient (Wildman–Crippen LogP) is 7.51. The minimum Gasteiger partial charge on any atom is -0.497 e. The number of benzene rings is 3. The summed E-state index contributed by atoms with van der Waals surface area (Å²) < 4.78 is 10.5. The van der Waals surface area contributed by atoms with E-state index in [1.54, 1.807) is 44.0 Å². The third kappa shape index (κ3) is 5.84. The molecule has 0 aliphatic rings. The van der Waals surface area contributed by atoms with Gasteiger partial charge in [-0.1, -0.05) is 53.2 Å². The van der Waals surface area contributed by atoms with Crippen LogP contribution in [0.4, 0.5) is 5.69 Å². The van der Waals surface area contributed by atoms with Gasteiger partial charge in [-0.15, -0.1) is 0 Å². The molecule has 8 heteroatoms. The fraction of sp³-hybridized carbons (Fsp3) is 0.185. The zero-order valence-electron chi connectivity index (χ0n) is 19.5. The van der Waals surface area contributed by atoms with Gasteiger partial charge in [0.05, 0.1) is 29.9 Å². The summed E-state index contributed by atoms with van der Waals surface area (Å²) in [5.41, 5.74) is 2.64. The Morgan fingerprint density at radius 2 is 1.80 bits per heavy atom. The standard InChI is InChI=1S/C27H24Cl2N2O3S/c1-4-34-27(32)23-15-24(26-21(29)13-18(28)14-22(26)30-23)31(2)16-17-7-5-6-8-25(17)35-20-11-9-19(33-3)10-12-20/h5-15H,4,16H2,1-3H3. The van der Waals surface area contributed by atoms with Crippen LogP contribution < -0.4 is 9.64 Å². The molecule has 0 radical (unpaired) electrons. The number of carbonyl (C=O) groups is 1. The molecule has 0 spiro atoms. The molecule has 35 heavy (non-hydrogen) atoms. The van der Waals surface area contributed by atoms with E-state index in [2.05, 4.69) is 22.0 Å². The SMILES string of the molecule is CCOC(=O)c1cc(N(C)Cc2ccccc2Sc2ccc(OC)cc2)c2c(Cl)cc(Cl)cc2n1. The highest BCUT2D eigenvalue weighted by molar-refractivity contribution is 7.99. The van der Waals surface area contributed by atoms with E-state index >= 15 is 0 Å². The second-order valence-electron chi connectivity index (χ2n) is 7.77. The van der Waals surface area contributed by atoms with Gasteiger partial charge in [0.1, 0.15) is 5.75 Å². The molecule has 3 aromatic carbocycles. The van der Waals surface area contributed by atoms with Gasteiger partial charge >= 0.3 is 5.97 Å². The van der Waals surface area contributed by atoms with Crippen LogP contribution in [0.15, 0.2) is 76.5 Å². The van der Waals surface area contributed by atoms with Crippen LogP contribution >= 0.6 is 35.0 Å². The molecule has 4 aromatic rings. The molecule has 0 aliphatic carbocycles. The quantitative estimate of drug-likeness (QED) is 0.221. The number of pyridine rings is 1. The molecule has 0 atom stereocenters. The number of methoxy groups -OCH3 is 1. The number of nitrogens with zero attached hydrogens (tertiary/aromatic N) is 2. The molecule has 1 aromatic heterocycles. The van der Waals surface area contributed by atoms with E-state index in [0.717, 1.165) is 32.2 Å². The van der Waals surface area contributed by atoms with E-state index in [9.17, 15) is 4.79 Å². The van der Waals surface area contributed by atoms with Crippen LogP contribution in [0.3, 0.4) is 0 Å². The lowest BCUT2D eigenvalue weighted by molar-refractivity contribution is 0.0520. The first-order valence-corrected chi connectivity index (χ1v) is 12.5. The fourth-order valence-electron chi connectivity index (χ4n) is 3.72. The molecule has 5 nitrogen and oxygen atoms in total. The van der Waals surface area contributed by atoms with Gasteiger partial charge in [0, 0.05) is 33.8 Å². The summed E-state index contributed by atoms with van der Waals surface area (Å²) in [6.45, 7) is 2.60. The van der Waals surface area contributed by atoms with Gasteiger partial charge in [-0.3, -0.25) is 0 Å². The number of esters is 1. The first-order valence-electron chi connectivity index (χ1n) is 11.0. The molecule has 0 aliphatic heterocycles. The Bertz CT molecular complexity index is 1360. The van der Waals surface area contributed by atoms with Crippen LogP contribution in [0.25, 0.3) is 10.9 Å². The molecule has 0 saturated heterocycles. The largest absolute Gasteiger partial charge is 0.497 e. The Morgan fingerprint density at radius 1 is 1.06 bits per heavy atom. The Balaban J connectivity index is 1.70. The summed E-state index contributed by atoms with van der Waals surface area (Å²) in [6, 6.07) is 21.3. The van der Waals surface area contributed by atoms with Gasteiger partial charge < -0.3 is 14.4 Å². The lowest BCUT2D eigenvalue weighted by Gasteiger charge is -2.24. The van der Waals surface area contributed by atoms with Crippen molar-refractivity contribution in [1.29, 1.82) is 0 Å². The molecular formula is C27H24Cl2N2O3S. The average Bonchev–Trinajstić information content (AvgIpc) is 2.85. The second kappa shape index (κ2) is 11.2. The third-order valence-corrected chi connectivity index (χ3v) is 7.01. The maximum atomic E-state index is 12.5. The van der Waals surface area contributed by atoms with Crippen LogP contribution in [-0.4, -0.2) is 31.7 Å². The Morgan fingerprint density at radius 3 is 2.51 bits per heavy atom. The van der Waals surface area contributed by atoms with Crippen LogP contribution in [0.5, 0.6) is 5.75 Å². The van der Waals surface area contributed by atoms with Crippen molar-refractivity contribution in [2.45, 2.75) is 23.3 Å². The maximum Gasteiger partial charge on any atom is 0.357 e. The van der Waals surface area contributed by atoms with Crippen molar-refractivity contribution in [2.75, 3.05) is 25.7 Å². The van der Waals surface area contributed by atoms with Crippen molar-refractivity contribution in [3.63, 3.8) is 0 Å². The Hall–Kier alpha value is -2.93. The van der Waals surface area contributed by atoms with E-state index in [0.29, 0.717) is 22.1 Å². The number of halogens is 2. The van der Waals surface area contributed by atoms with Gasteiger partial charge in [0.15, 0.2) is 5.69 Å². The molecular weight excluding hydrogens is 503 g/mol. The normalized spacial score (nSPS) is 10.9. The van der Waals surface area contributed by atoms with Crippen molar-refractivity contribution in [1.82, 2.24) is 4.98 Å². The van der Waals surface area contributed by atoms with E-state index < -0.39 is 5.97 Å². The summed E-state index contributed by atoms with van der Waals surface area (Å²) >= 11 is 14.5. The van der Waals surface area contributed by atoms with Crippen LogP contribution in [-0.2, 0) is 11.3 Å².